The van der Waals surface area contributed by atoms with Crippen molar-refractivity contribution in [2.75, 3.05) is 24.7 Å². The Hall–Kier alpha value is -2.68. The fourth-order valence-corrected chi connectivity index (χ4v) is 4.03. The van der Waals surface area contributed by atoms with Crippen LogP contribution in [-0.2, 0) is 10.0 Å². The van der Waals surface area contributed by atoms with Crippen LogP contribution in [0.1, 0.15) is 53.8 Å². The first kappa shape index (κ1) is 20.6. The first-order chi connectivity index (χ1) is 14.0. The lowest BCUT2D eigenvalue weighted by Gasteiger charge is -2.18. The van der Waals surface area contributed by atoms with Gasteiger partial charge in [0.05, 0.1) is 17.2 Å². The van der Waals surface area contributed by atoms with Gasteiger partial charge in [-0.25, -0.2) is 12.8 Å². The second kappa shape index (κ2) is 6.94. The van der Waals surface area contributed by atoms with Crippen LogP contribution in [0.15, 0.2) is 28.7 Å². The zero-order valence-corrected chi connectivity index (χ0v) is 18.1. The van der Waals surface area contributed by atoms with Gasteiger partial charge in [0, 0.05) is 26.1 Å². The van der Waals surface area contributed by atoms with Gasteiger partial charge in [-0.15, -0.1) is 0 Å². The van der Waals surface area contributed by atoms with Crippen LogP contribution in [0.25, 0.3) is 16.7 Å². The Balaban J connectivity index is 1.95. The number of sulfonamides is 1. The molecule has 2 heterocycles. The van der Waals surface area contributed by atoms with E-state index < -0.39 is 15.7 Å². The zero-order valence-electron chi connectivity index (χ0n) is 17.3. The summed E-state index contributed by atoms with van der Waals surface area (Å²) in [5, 5.41) is 3.14. The lowest BCUT2D eigenvalue weighted by atomic mass is 9.93. The summed E-state index contributed by atoms with van der Waals surface area (Å²) in [4.78, 5) is 17.2. The predicted molar refractivity (Wildman–Crippen MR) is 114 cm³/mol. The average Bonchev–Trinajstić information content (AvgIpc) is 3.45. The van der Waals surface area contributed by atoms with Crippen LogP contribution in [0.5, 0.6) is 0 Å². The maximum absolute atomic E-state index is 14.2. The van der Waals surface area contributed by atoms with E-state index in [1.807, 2.05) is 0 Å². The molecule has 2 aliphatic rings. The molecular weight excluding hydrogens is 409 g/mol. The van der Waals surface area contributed by atoms with Gasteiger partial charge in [0.25, 0.3) is 5.91 Å². The third-order valence-electron chi connectivity index (χ3n) is 5.55. The van der Waals surface area contributed by atoms with E-state index in [9.17, 15) is 17.6 Å². The molecule has 1 fully saturated rings. The van der Waals surface area contributed by atoms with Crippen molar-refractivity contribution in [1.82, 2.24) is 10.3 Å². The summed E-state index contributed by atoms with van der Waals surface area (Å²) >= 11 is 0. The maximum atomic E-state index is 14.2. The number of carbonyl (C=O) groups excluding carboxylic acids is 1. The molecule has 1 amide bonds. The third kappa shape index (κ3) is 3.62. The summed E-state index contributed by atoms with van der Waals surface area (Å²) in [5.74, 6) is 0.447. The van der Waals surface area contributed by atoms with Gasteiger partial charge in [-0.1, -0.05) is 12.2 Å². The summed E-state index contributed by atoms with van der Waals surface area (Å²) in [5.41, 5.74) is 0.395. The Morgan fingerprint density at radius 1 is 1.40 bits per heavy atom. The molecule has 7 nitrogen and oxygen atoms in total. The van der Waals surface area contributed by atoms with Gasteiger partial charge in [-0.2, -0.15) is 4.98 Å². The zero-order chi connectivity index (χ0) is 21.8. The van der Waals surface area contributed by atoms with Crippen LogP contribution in [-0.4, -0.2) is 45.3 Å². The molecule has 1 unspecified atom stereocenters. The third-order valence-corrected chi connectivity index (χ3v) is 6.72. The van der Waals surface area contributed by atoms with E-state index in [0.717, 1.165) is 29.0 Å². The Kier molecular flexibility index (Phi) is 4.76. The highest BCUT2D eigenvalue weighted by atomic mass is 32.2. The van der Waals surface area contributed by atoms with Crippen molar-refractivity contribution in [3.05, 3.63) is 41.2 Å². The smallest absolute Gasteiger partial charge is 0.255 e. The van der Waals surface area contributed by atoms with E-state index in [1.54, 1.807) is 18.2 Å². The molecule has 2 aliphatic carbocycles. The van der Waals surface area contributed by atoms with Crippen LogP contribution in [0.3, 0.4) is 0 Å². The van der Waals surface area contributed by atoms with E-state index in [4.69, 9.17) is 4.42 Å². The molecule has 0 aliphatic heterocycles. The van der Waals surface area contributed by atoms with Crippen LogP contribution in [0.2, 0.25) is 0 Å². The number of pyridine rings is 1. The van der Waals surface area contributed by atoms with Crippen molar-refractivity contribution < 1.29 is 22.0 Å². The van der Waals surface area contributed by atoms with Crippen molar-refractivity contribution >= 4 is 38.4 Å². The predicted octanol–water partition coefficient (Wildman–Crippen LogP) is 3.53. The number of nitrogens with one attached hydrogen (secondary N) is 1. The van der Waals surface area contributed by atoms with Crippen LogP contribution in [0.4, 0.5) is 10.2 Å². The summed E-state index contributed by atoms with van der Waals surface area (Å²) < 4.78 is 45.5. The van der Waals surface area contributed by atoms with Gasteiger partial charge >= 0.3 is 0 Å². The summed E-state index contributed by atoms with van der Waals surface area (Å²) in [6.07, 6.45) is 7.86. The summed E-state index contributed by atoms with van der Waals surface area (Å²) in [6, 6.07) is 1.81. The van der Waals surface area contributed by atoms with Crippen LogP contribution < -0.4 is 9.62 Å². The van der Waals surface area contributed by atoms with E-state index >= 15 is 0 Å². The van der Waals surface area contributed by atoms with Crippen LogP contribution in [0, 0.1) is 0 Å². The number of anilines is 1. The van der Waals surface area contributed by atoms with E-state index in [1.165, 1.54) is 27.1 Å². The second-order valence-corrected chi connectivity index (χ2v) is 10.1. The number of hydrogen-bond donors (Lipinski definition) is 1. The number of nitrogens with zero attached hydrogens (tertiary/aromatic N) is 2. The highest BCUT2D eigenvalue weighted by Crippen LogP contribution is 2.46. The van der Waals surface area contributed by atoms with Gasteiger partial charge in [-0.05, 0) is 43.4 Å². The molecule has 0 spiro atoms. The van der Waals surface area contributed by atoms with Crippen molar-refractivity contribution in [1.29, 1.82) is 0 Å². The maximum Gasteiger partial charge on any atom is 0.255 e. The second-order valence-electron chi connectivity index (χ2n) is 8.12. The molecule has 0 radical (unpaired) electrons. The SMILES string of the molecule is CNC(=O)c1c(C2=CCC(C)(F)C=C2)oc2nc(N(C)S(C)(=O)=O)c(C3CC3)cc12. The number of halogens is 1. The molecule has 0 bridgehead atoms. The largest absolute Gasteiger partial charge is 0.437 e. The van der Waals surface area contributed by atoms with E-state index in [2.05, 4.69) is 10.3 Å². The van der Waals surface area contributed by atoms with Crippen molar-refractivity contribution in [2.24, 2.45) is 0 Å². The molecule has 1 saturated carbocycles. The van der Waals surface area contributed by atoms with E-state index in [0.29, 0.717) is 28.1 Å². The first-order valence-corrected chi connectivity index (χ1v) is 11.6. The standard InChI is InChI=1S/C21H24FN3O4S/c1-21(22)9-7-13(8-10-21)17-16(19(26)23-2)15-11-14(12-5-6-12)18(24-20(15)29-17)25(3)30(4,27)28/h7-9,11-12H,5-6,10H2,1-4H3,(H,23,26). The fourth-order valence-electron chi connectivity index (χ4n) is 3.56. The Labute approximate surface area is 174 Å². The minimum absolute atomic E-state index is 0.159. The van der Waals surface area contributed by atoms with Crippen molar-refractivity contribution in [3.63, 3.8) is 0 Å². The first-order valence-electron chi connectivity index (χ1n) is 9.74. The highest BCUT2D eigenvalue weighted by molar-refractivity contribution is 7.92. The van der Waals surface area contributed by atoms with E-state index in [-0.39, 0.29) is 24.0 Å². The molecule has 1 atom stereocenters. The quantitative estimate of drug-likeness (QED) is 0.779. The number of hydrogen-bond acceptors (Lipinski definition) is 5. The Morgan fingerprint density at radius 3 is 2.63 bits per heavy atom. The summed E-state index contributed by atoms with van der Waals surface area (Å²) in [7, 11) is -0.550. The van der Waals surface area contributed by atoms with Gasteiger partial charge in [0.1, 0.15) is 17.2 Å². The summed E-state index contributed by atoms with van der Waals surface area (Å²) in [6.45, 7) is 1.48. The monoisotopic (exact) mass is 433 g/mol. The Morgan fingerprint density at radius 2 is 2.10 bits per heavy atom. The van der Waals surface area contributed by atoms with Gasteiger partial charge < -0.3 is 9.73 Å². The normalized spacial score (nSPS) is 21.6. The molecule has 30 heavy (non-hydrogen) atoms. The van der Waals surface area contributed by atoms with Gasteiger partial charge in [-0.3, -0.25) is 9.10 Å². The number of amides is 1. The molecular formula is C21H24FN3O4S. The number of rotatable bonds is 5. The Bertz CT molecular complexity index is 1210. The molecule has 2 aromatic heterocycles. The molecule has 1 N–H and O–H groups in total. The molecule has 0 aromatic carbocycles. The van der Waals surface area contributed by atoms with Gasteiger partial charge in [0.15, 0.2) is 0 Å². The molecule has 4 rings (SSSR count). The number of furan rings is 1. The number of fused-ring (bicyclic) bond motifs is 1. The molecule has 2 aromatic rings. The molecule has 160 valence electrons. The minimum atomic E-state index is -3.52. The minimum Gasteiger partial charge on any atom is -0.437 e. The number of carbonyl (C=O) groups is 1. The fraction of sp³-hybridized carbons (Fsp3) is 0.429. The van der Waals surface area contributed by atoms with Crippen LogP contribution >= 0.6 is 0 Å². The number of aromatic nitrogens is 1. The van der Waals surface area contributed by atoms with Crippen molar-refractivity contribution in [2.45, 2.75) is 37.8 Å². The highest BCUT2D eigenvalue weighted by Gasteiger charge is 2.33. The topological polar surface area (TPSA) is 92.5 Å². The van der Waals surface area contributed by atoms with Crippen molar-refractivity contribution in [3.8, 4) is 0 Å². The number of alkyl halides is 1. The molecule has 9 heteroatoms. The average molecular weight is 434 g/mol. The lowest BCUT2D eigenvalue weighted by Crippen LogP contribution is -2.27. The van der Waals surface area contributed by atoms with Gasteiger partial charge in [0.2, 0.25) is 15.7 Å². The molecule has 0 saturated heterocycles. The lowest BCUT2D eigenvalue weighted by molar-refractivity contribution is 0.0963. The number of allylic oxidation sites excluding steroid dienone is 4.